The van der Waals surface area contributed by atoms with Crippen LogP contribution in [0.15, 0.2) is 39.0 Å². The van der Waals surface area contributed by atoms with Crippen molar-refractivity contribution in [2.75, 3.05) is 5.01 Å². The van der Waals surface area contributed by atoms with Crippen LogP contribution in [0.1, 0.15) is 19.4 Å². The predicted molar refractivity (Wildman–Crippen MR) is 106 cm³/mol. The Balaban J connectivity index is 2.01. The highest BCUT2D eigenvalue weighted by molar-refractivity contribution is 6.03. The van der Waals surface area contributed by atoms with Crippen molar-refractivity contribution in [3.8, 4) is 0 Å². The van der Waals surface area contributed by atoms with Crippen molar-refractivity contribution < 1.29 is 9.18 Å². The Bertz CT molecular complexity index is 1300. The number of aromatic nitrogens is 4. The Labute approximate surface area is 164 Å². The molecule has 1 atom stereocenters. The van der Waals surface area contributed by atoms with E-state index in [1.54, 1.807) is 23.6 Å². The van der Waals surface area contributed by atoms with Crippen LogP contribution < -0.4 is 16.3 Å². The highest BCUT2D eigenvalue weighted by atomic mass is 19.1. The van der Waals surface area contributed by atoms with Gasteiger partial charge in [-0.05, 0) is 31.5 Å². The predicted octanol–water partition coefficient (Wildman–Crippen LogP) is 0.775. The third kappa shape index (κ3) is 2.79. The van der Waals surface area contributed by atoms with Gasteiger partial charge in [0.05, 0.1) is 12.3 Å². The third-order valence-electron chi connectivity index (χ3n) is 5.20. The lowest BCUT2D eigenvalue weighted by Gasteiger charge is -2.29. The fourth-order valence-corrected chi connectivity index (χ4v) is 3.34. The zero-order valence-electron chi connectivity index (χ0n) is 16.4. The van der Waals surface area contributed by atoms with Gasteiger partial charge >= 0.3 is 5.69 Å². The summed E-state index contributed by atoms with van der Waals surface area (Å²) in [6.07, 6.45) is 0. The van der Waals surface area contributed by atoms with Crippen molar-refractivity contribution in [1.29, 1.82) is 0 Å². The summed E-state index contributed by atoms with van der Waals surface area (Å²) < 4.78 is 17.3. The minimum Gasteiger partial charge on any atom is -0.298 e. The molecule has 0 radical (unpaired) electrons. The number of ketones is 1. The van der Waals surface area contributed by atoms with Gasteiger partial charge in [0.25, 0.3) is 5.56 Å². The number of hydrogen-bond acceptors (Lipinski definition) is 6. The maximum atomic E-state index is 13.4. The fourth-order valence-electron chi connectivity index (χ4n) is 3.34. The van der Waals surface area contributed by atoms with E-state index in [0.29, 0.717) is 17.2 Å². The summed E-state index contributed by atoms with van der Waals surface area (Å²) in [4.78, 5) is 41.7. The topological polar surface area (TPSA) is 94.5 Å². The molecule has 0 spiro atoms. The molecule has 0 saturated heterocycles. The van der Waals surface area contributed by atoms with Gasteiger partial charge in [-0.2, -0.15) is 10.1 Å². The van der Waals surface area contributed by atoms with Crippen molar-refractivity contribution in [3.05, 3.63) is 56.5 Å². The lowest BCUT2D eigenvalue weighted by atomic mass is 10.1. The molecule has 1 aromatic carbocycles. The van der Waals surface area contributed by atoms with Gasteiger partial charge in [-0.15, -0.1) is 0 Å². The van der Waals surface area contributed by atoms with E-state index >= 15 is 0 Å². The van der Waals surface area contributed by atoms with Crippen molar-refractivity contribution in [2.24, 2.45) is 19.2 Å². The van der Waals surface area contributed by atoms with E-state index < -0.39 is 17.3 Å². The number of hydrogen-bond donors (Lipinski definition) is 0. The first-order valence-electron chi connectivity index (χ1n) is 9.00. The second kappa shape index (κ2) is 6.50. The molecule has 0 N–H and O–H groups in total. The smallest absolute Gasteiger partial charge is 0.298 e. The lowest BCUT2D eigenvalue weighted by molar-refractivity contribution is -0.118. The molecule has 0 bridgehead atoms. The summed E-state index contributed by atoms with van der Waals surface area (Å²) in [5.74, 6) is -0.224. The molecule has 2 aromatic heterocycles. The number of anilines is 1. The minimum atomic E-state index is -0.651. The van der Waals surface area contributed by atoms with Crippen LogP contribution in [0.5, 0.6) is 0 Å². The zero-order chi connectivity index (χ0) is 21.0. The summed E-state index contributed by atoms with van der Waals surface area (Å²) in [6.45, 7) is 3.31. The van der Waals surface area contributed by atoms with E-state index in [4.69, 9.17) is 0 Å². The van der Waals surface area contributed by atoms with Gasteiger partial charge in [0, 0.05) is 14.1 Å². The number of imidazole rings is 1. The Morgan fingerprint density at radius 3 is 2.41 bits per heavy atom. The fraction of sp³-hybridized carbons (Fsp3) is 0.316. The van der Waals surface area contributed by atoms with E-state index in [1.807, 2.05) is 0 Å². The maximum absolute atomic E-state index is 13.4. The summed E-state index contributed by atoms with van der Waals surface area (Å²) in [7, 11) is 2.93. The molecule has 4 rings (SSSR count). The molecule has 10 heteroatoms. The zero-order valence-corrected chi connectivity index (χ0v) is 16.4. The van der Waals surface area contributed by atoms with Crippen molar-refractivity contribution in [1.82, 2.24) is 18.7 Å². The van der Waals surface area contributed by atoms with E-state index in [0.717, 1.165) is 4.57 Å². The molecule has 29 heavy (non-hydrogen) atoms. The summed E-state index contributed by atoms with van der Waals surface area (Å²) in [5, 5.41) is 6.01. The molecule has 0 aliphatic carbocycles. The van der Waals surface area contributed by atoms with Crippen LogP contribution in [0.25, 0.3) is 11.2 Å². The minimum absolute atomic E-state index is 0.144. The Kier molecular flexibility index (Phi) is 4.21. The third-order valence-corrected chi connectivity index (χ3v) is 5.20. The molecule has 0 amide bonds. The van der Waals surface area contributed by atoms with E-state index in [2.05, 4.69) is 10.1 Å². The number of Topliss-reactive ketones (excluding diaryl/α,β-unsaturated/α-hetero) is 1. The van der Waals surface area contributed by atoms with E-state index in [-0.39, 0.29) is 29.3 Å². The van der Waals surface area contributed by atoms with Gasteiger partial charge in [-0.25, -0.2) is 14.2 Å². The molecule has 9 nitrogen and oxygen atoms in total. The molecule has 150 valence electrons. The summed E-state index contributed by atoms with van der Waals surface area (Å²) in [6, 6.07) is 5.16. The van der Waals surface area contributed by atoms with Crippen LogP contribution in [0.4, 0.5) is 10.3 Å². The number of nitrogens with zero attached hydrogens (tertiary/aromatic N) is 6. The molecule has 3 heterocycles. The second-order valence-corrected chi connectivity index (χ2v) is 7.06. The van der Waals surface area contributed by atoms with Gasteiger partial charge < -0.3 is 0 Å². The standard InChI is InChI=1S/C19H19FN6O3/c1-10(11(2)27)26-18-21-16-15(17(28)24(4)19(29)23(16)3)25(18)9-14(22-26)12-5-7-13(20)8-6-12/h5-8,10H,9H2,1-4H3/t10-/m1/s1. The van der Waals surface area contributed by atoms with Gasteiger partial charge in [0.2, 0.25) is 5.95 Å². The second-order valence-electron chi connectivity index (χ2n) is 7.06. The van der Waals surface area contributed by atoms with Crippen LogP contribution in [0.2, 0.25) is 0 Å². The molecule has 1 aliphatic rings. The van der Waals surface area contributed by atoms with Gasteiger partial charge in [-0.1, -0.05) is 12.1 Å². The molecular weight excluding hydrogens is 379 g/mol. The number of fused-ring (bicyclic) bond motifs is 3. The van der Waals surface area contributed by atoms with Crippen LogP contribution in [0, 0.1) is 5.82 Å². The van der Waals surface area contributed by atoms with E-state index in [9.17, 15) is 18.8 Å². The number of rotatable bonds is 3. The van der Waals surface area contributed by atoms with Crippen LogP contribution in [0.3, 0.4) is 0 Å². The highest BCUT2D eigenvalue weighted by Crippen LogP contribution is 2.27. The SMILES string of the molecule is CC(=O)[C@@H](C)N1N=C(c2ccc(F)cc2)Cn2c1nc1c2c(=O)n(C)c(=O)n1C. The van der Waals surface area contributed by atoms with Gasteiger partial charge in [0.15, 0.2) is 16.9 Å². The normalized spacial score (nSPS) is 14.7. The van der Waals surface area contributed by atoms with E-state index in [1.165, 1.54) is 42.7 Å². The van der Waals surface area contributed by atoms with Crippen molar-refractivity contribution >= 4 is 28.6 Å². The summed E-state index contributed by atoms with van der Waals surface area (Å²) >= 11 is 0. The molecule has 0 fully saturated rings. The van der Waals surface area contributed by atoms with Crippen LogP contribution in [-0.2, 0) is 25.4 Å². The number of aryl methyl sites for hydroxylation is 1. The lowest BCUT2D eigenvalue weighted by Crippen LogP contribution is -2.41. The van der Waals surface area contributed by atoms with Crippen molar-refractivity contribution in [3.63, 3.8) is 0 Å². The Morgan fingerprint density at radius 2 is 1.79 bits per heavy atom. The first kappa shape index (κ1) is 18.8. The number of carbonyl (C=O) groups is 1. The van der Waals surface area contributed by atoms with Gasteiger partial charge in [-0.3, -0.25) is 23.3 Å². The average molecular weight is 398 g/mol. The largest absolute Gasteiger partial charge is 0.332 e. The molecule has 3 aromatic rings. The summed E-state index contributed by atoms with van der Waals surface area (Å²) in [5.41, 5.74) is 0.660. The van der Waals surface area contributed by atoms with Crippen LogP contribution >= 0.6 is 0 Å². The number of halogens is 1. The average Bonchev–Trinajstić information content (AvgIpc) is 3.09. The molecule has 0 unspecified atom stereocenters. The first-order chi connectivity index (χ1) is 13.7. The van der Waals surface area contributed by atoms with Gasteiger partial charge in [0.1, 0.15) is 11.9 Å². The number of carbonyl (C=O) groups excluding carboxylic acids is 1. The number of hydrazone groups is 1. The Hall–Kier alpha value is -3.56. The Morgan fingerprint density at radius 1 is 1.14 bits per heavy atom. The molecule has 0 saturated carbocycles. The van der Waals surface area contributed by atoms with Crippen LogP contribution in [-0.4, -0.2) is 36.2 Å². The first-order valence-corrected chi connectivity index (χ1v) is 9.00. The number of benzene rings is 1. The molecular formula is C19H19FN6O3. The quantitative estimate of drug-likeness (QED) is 0.650. The maximum Gasteiger partial charge on any atom is 0.332 e. The van der Waals surface area contributed by atoms with Crippen molar-refractivity contribution in [2.45, 2.75) is 26.4 Å². The molecule has 1 aliphatic heterocycles. The monoisotopic (exact) mass is 398 g/mol. The highest BCUT2D eigenvalue weighted by Gasteiger charge is 2.31.